The Balaban J connectivity index is 2.51. The standard InChI is InChI=1S/C8H5ClN2OS/c9-7-1-5(4-13-7)8-6(3-12)2-10-11-8/h1-4H,(H,10,11). The molecule has 0 aliphatic carbocycles. The van der Waals surface area contributed by atoms with Crippen LogP contribution in [-0.2, 0) is 0 Å². The van der Waals surface area contributed by atoms with Crippen molar-refractivity contribution in [2.45, 2.75) is 0 Å². The Morgan fingerprint density at radius 3 is 3.08 bits per heavy atom. The van der Waals surface area contributed by atoms with Gasteiger partial charge in [0.15, 0.2) is 6.29 Å². The monoisotopic (exact) mass is 212 g/mol. The lowest BCUT2D eigenvalue weighted by molar-refractivity contribution is 0.112. The Bertz CT molecular complexity index is 435. The first-order valence-corrected chi connectivity index (χ1v) is 4.80. The van der Waals surface area contributed by atoms with E-state index in [9.17, 15) is 4.79 Å². The third-order valence-electron chi connectivity index (χ3n) is 1.65. The van der Waals surface area contributed by atoms with Crippen molar-refractivity contribution in [1.29, 1.82) is 0 Å². The normalized spacial score (nSPS) is 10.2. The number of H-pyrrole nitrogens is 1. The van der Waals surface area contributed by atoms with Crippen molar-refractivity contribution in [2.75, 3.05) is 0 Å². The van der Waals surface area contributed by atoms with Crippen molar-refractivity contribution in [3.63, 3.8) is 0 Å². The van der Waals surface area contributed by atoms with E-state index in [4.69, 9.17) is 11.6 Å². The number of aromatic nitrogens is 2. The van der Waals surface area contributed by atoms with Gasteiger partial charge in [0.1, 0.15) is 0 Å². The summed E-state index contributed by atoms with van der Waals surface area (Å²) in [6.07, 6.45) is 2.26. The van der Waals surface area contributed by atoms with Crippen molar-refractivity contribution in [3.05, 3.63) is 27.5 Å². The zero-order valence-corrected chi connectivity index (χ0v) is 8.02. The van der Waals surface area contributed by atoms with Crippen molar-refractivity contribution < 1.29 is 4.79 Å². The summed E-state index contributed by atoms with van der Waals surface area (Å²) in [7, 11) is 0. The molecule has 0 saturated carbocycles. The second-order valence-electron chi connectivity index (χ2n) is 2.46. The molecule has 66 valence electrons. The number of thiophene rings is 1. The van der Waals surface area contributed by atoms with Crippen LogP contribution in [-0.4, -0.2) is 16.5 Å². The summed E-state index contributed by atoms with van der Waals surface area (Å²) >= 11 is 7.19. The number of hydrogen-bond donors (Lipinski definition) is 1. The van der Waals surface area contributed by atoms with Gasteiger partial charge in [-0.3, -0.25) is 9.89 Å². The fraction of sp³-hybridized carbons (Fsp3) is 0. The molecule has 3 nitrogen and oxygen atoms in total. The van der Waals surface area contributed by atoms with Gasteiger partial charge in [0.2, 0.25) is 0 Å². The van der Waals surface area contributed by atoms with Crippen LogP contribution in [0.3, 0.4) is 0 Å². The molecular formula is C8H5ClN2OS. The average Bonchev–Trinajstić information content (AvgIpc) is 2.71. The molecular weight excluding hydrogens is 208 g/mol. The number of nitrogens with zero attached hydrogens (tertiary/aromatic N) is 1. The SMILES string of the molecule is O=Cc1cn[nH]c1-c1csc(Cl)c1. The van der Waals surface area contributed by atoms with E-state index in [0.29, 0.717) is 9.90 Å². The van der Waals surface area contributed by atoms with E-state index in [-0.39, 0.29) is 0 Å². The third kappa shape index (κ3) is 1.50. The average molecular weight is 213 g/mol. The fourth-order valence-electron chi connectivity index (χ4n) is 1.06. The van der Waals surface area contributed by atoms with E-state index in [1.165, 1.54) is 17.5 Å². The van der Waals surface area contributed by atoms with Crippen molar-refractivity contribution in [2.24, 2.45) is 0 Å². The Kier molecular flexibility index (Phi) is 2.16. The van der Waals surface area contributed by atoms with Gasteiger partial charge in [0.05, 0.1) is 21.8 Å². The summed E-state index contributed by atoms with van der Waals surface area (Å²) < 4.78 is 0.696. The first-order chi connectivity index (χ1) is 6.31. The van der Waals surface area contributed by atoms with E-state index in [1.54, 1.807) is 6.07 Å². The highest BCUT2D eigenvalue weighted by molar-refractivity contribution is 7.14. The number of aldehydes is 1. The quantitative estimate of drug-likeness (QED) is 0.778. The van der Waals surface area contributed by atoms with Crippen LogP contribution >= 0.6 is 22.9 Å². The van der Waals surface area contributed by atoms with Crippen LogP contribution in [0.15, 0.2) is 17.6 Å². The lowest BCUT2D eigenvalue weighted by Crippen LogP contribution is -1.80. The van der Waals surface area contributed by atoms with Crippen LogP contribution in [0.2, 0.25) is 4.34 Å². The van der Waals surface area contributed by atoms with Crippen LogP contribution < -0.4 is 0 Å². The lowest BCUT2D eigenvalue weighted by atomic mass is 10.2. The van der Waals surface area contributed by atoms with Crippen LogP contribution in [0.1, 0.15) is 10.4 Å². The molecule has 0 fully saturated rings. The molecule has 0 aliphatic heterocycles. The van der Waals surface area contributed by atoms with Gasteiger partial charge in [-0.05, 0) is 6.07 Å². The van der Waals surface area contributed by atoms with E-state index in [1.807, 2.05) is 5.38 Å². The number of aromatic amines is 1. The zero-order valence-electron chi connectivity index (χ0n) is 6.45. The molecule has 1 N–H and O–H groups in total. The van der Waals surface area contributed by atoms with Gasteiger partial charge in [-0.1, -0.05) is 11.6 Å². The predicted octanol–water partition coefficient (Wildman–Crippen LogP) is 2.60. The van der Waals surface area contributed by atoms with Crippen LogP contribution in [0.5, 0.6) is 0 Å². The molecule has 2 aromatic rings. The summed E-state index contributed by atoms with van der Waals surface area (Å²) in [5.74, 6) is 0. The molecule has 0 bridgehead atoms. The molecule has 5 heteroatoms. The largest absolute Gasteiger partial charge is 0.298 e. The molecule has 0 spiro atoms. The number of halogens is 1. The smallest absolute Gasteiger partial charge is 0.153 e. The Morgan fingerprint density at radius 2 is 2.46 bits per heavy atom. The van der Waals surface area contributed by atoms with Gasteiger partial charge in [-0.2, -0.15) is 5.10 Å². The van der Waals surface area contributed by atoms with Gasteiger partial charge in [0.25, 0.3) is 0 Å². The second kappa shape index (κ2) is 3.32. The molecule has 0 unspecified atom stereocenters. The molecule has 2 heterocycles. The first-order valence-electron chi connectivity index (χ1n) is 3.54. The summed E-state index contributed by atoms with van der Waals surface area (Å²) in [6.45, 7) is 0. The second-order valence-corrected chi connectivity index (χ2v) is 4.00. The molecule has 2 aromatic heterocycles. The van der Waals surface area contributed by atoms with Crippen molar-refractivity contribution in [1.82, 2.24) is 10.2 Å². The van der Waals surface area contributed by atoms with E-state index >= 15 is 0 Å². The number of rotatable bonds is 2. The minimum atomic E-state index is 0.550. The number of hydrogen-bond acceptors (Lipinski definition) is 3. The molecule has 0 aliphatic rings. The summed E-state index contributed by atoms with van der Waals surface area (Å²) in [6, 6.07) is 1.80. The zero-order chi connectivity index (χ0) is 9.26. The van der Waals surface area contributed by atoms with Gasteiger partial charge < -0.3 is 0 Å². The molecule has 0 radical (unpaired) electrons. The van der Waals surface area contributed by atoms with Crippen molar-refractivity contribution >= 4 is 29.2 Å². The highest BCUT2D eigenvalue weighted by Gasteiger charge is 2.07. The molecule has 0 saturated heterocycles. The molecule has 0 aromatic carbocycles. The molecule has 0 atom stereocenters. The van der Waals surface area contributed by atoms with Crippen LogP contribution in [0.25, 0.3) is 11.3 Å². The molecule has 13 heavy (non-hydrogen) atoms. The highest BCUT2D eigenvalue weighted by atomic mass is 35.5. The summed E-state index contributed by atoms with van der Waals surface area (Å²) in [5, 5.41) is 8.41. The van der Waals surface area contributed by atoms with Gasteiger partial charge >= 0.3 is 0 Å². The summed E-state index contributed by atoms with van der Waals surface area (Å²) in [5.41, 5.74) is 2.17. The lowest BCUT2D eigenvalue weighted by Gasteiger charge is -1.90. The maximum Gasteiger partial charge on any atom is 0.153 e. The van der Waals surface area contributed by atoms with Gasteiger partial charge in [-0.25, -0.2) is 0 Å². The molecule has 0 amide bonds. The first kappa shape index (κ1) is 8.47. The minimum Gasteiger partial charge on any atom is -0.298 e. The number of carbonyl (C=O) groups is 1. The third-order valence-corrected chi connectivity index (χ3v) is 2.74. The summed E-state index contributed by atoms with van der Waals surface area (Å²) in [4.78, 5) is 10.6. The van der Waals surface area contributed by atoms with Crippen LogP contribution in [0, 0.1) is 0 Å². The van der Waals surface area contributed by atoms with E-state index in [2.05, 4.69) is 10.2 Å². The number of nitrogens with one attached hydrogen (secondary N) is 1. The Hall–Kier alpha value is -1.13. The minimum absolute atomic E-state index is 0.550. The topological polar surface area (TPSA) is 45.8 Å². The fourth-order valence-corrected chi connectivity index (χ4v) is 1.93. The maximum absolute atomic E-state index is 10.6. The van der Waals surface area contributed by atoms with Crippen molar-refractivity contribution in [3.8, 4) is 11.3 Å². The van der Waals surface area contributed by atoms with Crippen LogP contribution in [0.4, 0.5) is 0 Å². The van der Waals surface area contributed by atoms with Gasteiger partial charge in [0, 0.05) is 10.9 Å². The van der Waals surface area contributed by atoms with Gasteiger partial charge in [-0.15, -0.1) is 11.3 Å². The van der Waals surface area contributed by atoms with E-state index < -0.39 is 0 Å². The number of carbonyl (C=O) groups excluding carboxylic acids is 1. The Labute approximate surface area is 83.4 Å². The highest BCUT2D eigenvalue weighted by Crippen LogP contribution is 2.28. The maximum atomic E-state index is 10.6. The Morgan fingerprint density at radius 1 is 1.62 bits per heavy atom. The molecule has 2 rings (SSSR count). The predicted molar refractivity (Wildman–Crippen MR) is 52.3 cm³/mol. The van der Waals surface area contributed by atoms with E-state index in [0.717, 1.165) is 17.5 Å².